The summed E-state index contributed by atoms with van der Waals surface area (Å²) in [6.45, 7) is 0.706. The highest BCUT2D eigenvalue weighted by molar-refractivity contribution is 5.85. The summed E-state index contributed by atoms with van der Waals surface area (Å²) in [5, 5.41) is 3.50. The highest BCUT2D eigenvalue weighted by Gasteiger charge is 2.21. The molecule has 0 bridgehead atoms. The molecule has 1 N–H and O–H groups in total. The lowest BCUT2D eigenvalue weighted by Gasteiger charge is -2.23. The lowest BCUT2D eigenvalue weighted by Crippen LogP contribution is -2.13. The standard InChI is InChI=1S/C24H25N5/c1-4-10-18(11-5-1)16-25-23-21-24(28-22(27-23)19-12-6-2-7-13-19)29(17-26-21)20-14-8-3-9-15-20/h1-2,4-7,10-13,17,20H,3,8-9,14-16H2,(H,25,27,28). The van der Waals surface area contributed by atoms with Gasteiger partial charge in [0.05, 0.1) is 6.33 Å². The zero-order valence-electron chi connectivity index (χ0n) is 16.5. The number of benzene rings is 2. The van der Waals surface area contributed by atoms with Crippen LogP contribution >= 0.6 is 0 Å². The maximum Gasteiger partial charge on any atom is 0.166 e. The van der Waals surface area contributed by atoms with Gasteiger partial charge in [0.15, 0.2) is 17.3 Å². The number of hydrogen-bond acceptors (Lipinski definition) is 4. The Kier molecular flexibility index (Phi) is 4.95. The molecule has 0 saturated heterocycles. The molecule has 1 fully saturated rings. The van der Waals surface area contributed by atoms with Gasteiger partial charge >= 0.3 is 0 Å². The third-order valence-electron chi connectivity index (χ3n) is 5.72. The van der Waals surface area contributed by atoms with E-state index in [0.717, 1.165) is 28.4 Å². The average Bonchev–Trinajstić information content (AvgIpc) is 3.23. The van der Waals surface area contributed by atoms with Crippen LogP contribution in [-0.2, 0) is 6.54 Å². The molecule has 2 aromatic carbocycles. The Bertz CT molecular complexity index is 1080. The zero-order chi connectivity index (χ0) is 19.5. The van der Waals surface area contributed by atoms with E-state index in [-0.39, 0.29) is 0 Å². The fourth-order valence-corrected chi connectivity index (χ4v) is 4.16. The molecule has 0 spiro atoms. The van der Waals surface area contributed by atoms with E-state index in [2.05, 4.69) is 46.3 Å². The van der Waals surface area contributed by atoms with Gasteiger partial charge in [-0.1, -0.05) is 79.9 Å². The summed E-state index contributed by atoms with van der Waals surface area (Å²) in [5.74, 6) is 1.54. The predicted molar refractivity (Wildman–Crippen MR) is 117 cm³/mol. The summed E-state index contributed by atoms with van der Waals surface area (Å²) < 4.78 is 2.27. The Morgan fingerprint density at radius 3 is 2.34 bits per heavy atom. The molecule has 1 aliphatic carbocycles. The van der Waals surface area contributed by atoms with Gasteiger partial charge in [0.2, 0.25) is 0 Å². The first kappa shape index (κ1) is 17.9. The average molecular weight is 383 g/mol. The number of anilines is 1. The third-order valence-corrected chi connectivity index (χ3v) is 5.72. The second-order valence-electron chi connectivity index (χ2n) is 7.72. The van der Waals surface area contributed by atoms with E-state index in [1.165, 1.54) is 37.7 Å². The highest BCUT2D eigenvalue weighted by Crippen LogP contribution is 2.32. The monoisotopic (exact) mass is 383 g/mol. The predicted octanol–water partition coefficient (Wildman–Crippen LogP) is 5.61. The molecule has 0 radical (unpaired) electrons. The summed E-state index contributed by atoms with van der Waals surface area (Å²) in [5.41, 5.74) is 4.02. The van der Waals surface area contributed by atoms with Gasteiger partial charge < -0.3 is 9.88 Å². The number of fused-ring (bicyclic) bond motifs is 1. The SMILES string of the molecule is c1ccc(CNc2nc(-c3ccccc3)nc3c2ncn3C2CCCCC2)cc1. The van der Waals surface area contributed by atoms with Crippen LogP contribution in [0.5, 0.6) is 0 Å². The van der Waals surface area contributed by atoms with Crippen molar-refractivity contribution in [3.05, 3.63) is 72.6 Å². The fourth-order valence-electron chi connectivity index (χ4n) is 4.16. The van der Waals surface area contributed by atoms with Crippen LogP contribution in [-0.4, -0.2) is 19.5 Å². The molecule has 0 atom stereocenters. The Morgan fingerprint density at radius 2 is 1.59 bits per heavy atom. The van der Waals surface area contributed by atoms with E-state index in [1.54, 1.807) is 0 Å². The Morgan fingerprint density at radius 1 is 0.862 bits per heavy atom. The van der Waals surface area contributed by atoms with Gasteiger partial charge in [0, 0.05) is 18.2 Å². The molecule has 1 saturated carbocycles. The molecule has 5 rings (SSSR count). The first-order valence-corrected chi connectivity index (χ1v) is 10.5. The van der Waals surface area contributed by atoms with E-state index in [4.69, 9.17) is 15.0 Å². The molecular formula is C24H25N5. The van der Waals surface area contributed by atoms with Crippen molar-refractivity contribution in [1.29, 1.82) is 0 Å². The molecule has 2 aromatic heterocycles. The van der Waals surface area contributed by atoms with Crippen LogP contribution in [0, 0.1) is 0 Å². The summed E-state index contributed by atoms with van der Waals surface area (Å²) in [4.78, 5) is 14.5. The minimum atomic E-state index is 0.481. The first-order chi connectivity index (χ1) is 14.4. The van der Waals surface area contributed by atoms with Crippen LogP contribution < -0.4 is 5.32 Å². The van der Waals surface area contributed by atoms with Gasteiger partial charge in [-0.25, -0.2) is 15.0 Å². The number of nitrogens with zero attached hydrogens (tertiary/aromatic N) is 4. The summed E-state index contributed by atoms with van der Waals surface area (Å²) in [7, 11) is 0. The Hall–Kier alpha value is -3.21. The quantitative estimate of drug-likeness (QED) is 0.487. The molecule has 0 unspecified atom stereocenters. The normalized spacial score (nSPS) is 14.9. The van der Waals surface area contributed by atoms with Crippen LogP contribution in [0.25, 0.3) is 22.6 Å². The molecule has 4 aromatic rings. The maximum absolute atomic E-state index is 4.95. The zero-order valence-corrected chi connectivity index (χ0v) is 16.5. The summed E-state index contributed by atoms with van der Waals surface area (Å²) >= 11 is 0. The molecule has 0 aliphatic heterocycles. The van der Waals surface area contributed by atoms with Crippen molar-refractivity contribution in [2.24, 2.45) is 0 Å². The molecule has 2 heterocycles. The van der Waals surface area contributed by atoms with Crippen molar-refractivity contribution < 1.29 is 0 Å². The topological polar surface area (TPSA) is 55.6 Å². The van der Waals surface area contributed by atoms with Gasteiger partial charge in [-0.2, -0.15) is 0 Å². The van der Waals surface area contributed by atoms with Gasteiger partial charge in [0.25, 0.3) is 0 Å². The van der Waals surface area contributed by atoms with Crippen molar-refractivity contribution in [3.63, 3.8) is 0 Å². The third kappa shape index (κ3) is 3.73. The van der Waals surface area contributed by atoms with Crippen LogP contribution in [0.1, 0.15) is 43.7 Å². The van der Waals surface area contributed by atoms with Crippen LogP contribution in [0.2, 0.25) is 0 Å². The number of imidazole rings is 1. The lowest BCUT2D eigenvalue weighted by molar-refractivity contribution is 0.358. The molecule has 146 valence electrons. The lowest BCUT2D eigenvalue weighted by atomic mass is 9.95. The van der Waals surface area contributed by atoms with Gasteiger partial charge in [0.1, 0.15) is 5.52 Å². The number of aromatic nitrogens is 4. The van der Waals surface area contributed by atoms with Crippen molar-refractivity contribution in [1.82, 2.24) is 19.5 Å². The van der Waals surface area contributed by atoms with E-state index >= 15 is 0 Å². The Balaban J connectivity index is 1.57. The molecule has 1 aliphatic rings. The fraction of sp³-hybridized carbons (Fsp3) is 0.292. The van der Waals surface area contributed by atoms with Crippen LogP contribution in [0.15, 0.2) is 67.0 Å². The molecule has 5 heteroatoms. The van der Waals surface area contributed by atoms with Crippen molar-refractivity contribution in [3.8, 4) is 11.4 Å². The number of hydrogen-bond donors (Lipinski definition) is 1. The number of nitrogens with one attached hydrogen (secondary N) is 1. The van der Waals surface area contributed by atoms with Crippen molar-refractivity contribution >= 4 is 17.0 Å². The summed E-state index contributed by atoms with van der Waals surface area (Å²) in [6.07, 6.45) is 8.24. The van der Waals surface area contributed by atoms with E-state index < -0.39 is 0 Å². The van der Waals surface area contributed by atoms with Crippen LogP contribution in [0.4, 0.5) is 5.82 Å². The van der Waals surface area contributed by atoms with Gasteiger partial charge in [-0.3, -0.25) is 0 Å². The smallest absolute Gasteiger partial charge is 0.166 e. The van der Waals surface area contributed by atoms with E-state index in [0.29, 0.717) is 12.6 Å². The minimum Gasteiger partial charge on any atom is -0.364 e. The molecule has 29 heavy (non-hydrogen) atoms. The van der Waals surface area contributed by atoms with Crippen molar-refractivity contribution in [2.75, 3.05) is 5.32 Å². The molecular weight excluding hydrogens is 358 g/mol. The molecule has 5 nitrogen and oxygen atoms in total. The van der Waals surface area contributed by atoms with E-state index in [1.807, 2.05) is 30.6 Å². The molecule has 0 amide bonds. The largest absolute Gasteiger partial charge is 0.364 e. The summed E-state index contributed by atoms with van der Waals surface area (Å²) in [6, 6.07) is 21.0. The van der Waals surface area contributed by atoms with E-state index in [9.17, 15) is 0 Å². The first-order valence-electron chi connectivity index (χ1n) is 10.5. The second kappa shape index (κ2) is 8.03. The highest BCUT2D eigenvalue weighted by atomic mass is 15.2. The minimum absolute atomic E-state index is 0.481. The second-order valence-corrected chi connectivity index (χ2v) is 7.72. The van der Waals surface area contributed by atoms with Crippen molar-refractivity contribution in [2.45, 2.75) is 44.7 Å². The van der Waals surface area contributed by atoms with Crippen LogP contribution in [0.3, 0.4) is 0 Å². The number of rotatable bonds is 5. The van der Waals surface area contributed by atoms with Gasteiger partial charge in [-0.15, -0.1) is 0 Å². The Labute approximate surface area is 170 Å². The van der Waals surface area contributed by atoms with Gasteiger partial charge in [-0.05, 0) is 18.4 Å². The maximum atomic E-state index is 4.95.